The van der Waals surface area contributed by atoms with Gasteiger partial charge >= 0.3 is 0 Å². The Morgan fingerprint density at radius 2 is 1.85 bits per heavy atom. The molecule has 1 amide bonds. The lowest BCUT2D eigenvalue weighted by molar-refractivity contribution is -0.112. The molecular weight excluding hydrogens is 539 g/mol. The second-order valence-electron chi connectivity index (χ2n) is 6.85. The van der Waals surface area contributed by atoms with Crippen molar-refractivity contribution in [2.45, 2.75) is 6.61 Å². The first-order chi connectivity index (χ1) is 16.4. The lowest BCUT2D eigenvalue weighted by atomic mass is 10.1. The summed E-state index contributed by atoms with van der Waals surface area (Å²) in [4.78, 5) is 12.7. The van der Waals surface area contributed by atoms with E-state index in [1.54, 1.807) is 60.7 Å². The number of rotatable bonds is 8. The molecule has 0 saturated heterocycles. The van der Waals surface area contributed by atoms with Crippen LogP contribution in [0.15, 0.2) is 70.7 Å². The third-order valence-corrected chi connectivity index (χ3v) is 5.55. The summed E-state index contributed by atoms with van der Waals surface area (Å²) in [7, 11) is 0. The zero-order valence-electron chi connectivity index (χ0n) is 17.6. The molecule has 0 aliphatic rings. The molecule has 0 aromatic heterocycles. The molecule has 34 heavy (non-hydrogen) atoms. The normalized spacial score (nSPS) is 10.7. The summed E-state index contributed by atoms with van der Waals surface area (Å²) >= 11 is 15.4. The number of hydrogen-bond donors (Lipinski definition) is 1. The number of nitrogens with zero attached hydrogens (tertiary/aromatic N) is 1. The van der Waals surface area contributed by atoms with Crippen molar-refractivity contribution in [2.24, 2.45) is 0 Å². The van der Waals surface area contributed by atoms with Gasteiger partial charge < -0.3 is 14.8 Å². The van der Waals surface area contributed by atoms with Crippen LogP contribution in [0.25, 0.3) is 6.08 Å². The zero-order valence-corrected chi connectivity index (χ0v) is 20.7. The Bertz CT molecular complexity index is 1310. The van der Waals surface area contributed by atoms with Crippen molar-refractivity contribution in [1.29, 1.82) is 5.26 Å². The van der Waals surface area contributed by atoms with Gasteiger partial charge in [0.25, 0.3) is 5.91 Å². The van der Waals surface area contributed by atoms with Gasteiger partial charge in [-0.2, -0.15) is 5.26 Å². The predicted molar refractivity (Wildman–Crippen MR) is 138 cm³/mol. The Hall–Kier alpha value is -3.42. The van der Waals surface area contributed by atoms with Gasteiger partial charge in [-0.15, -0.1) is 6.42 Å². The van der Waals surface area contributed by atoms with E-state index in [4.69, 9.17) is 39.1 Å². The van der Waals surface area contributed by atoms with E-state index < -0.39 is 5.91 Å². The fourth-order valence-corrected chi connectivity index (χ4v) is 3.66. The molecule has 3 aromatic carbocycles. The van der Waals surface area contributed by atoms with Crippen LogP contribution in [0.3, 0.4) is 0 Å². The number of nitrogens with one attached hydrogen (secondary N) is 1. The Morgan fingerprint density at radius 1 is 1.09 bits per heavy atom. The van der Waals surface area contributed by atoms with Gasteiger partial charge in [0, 0.05) is 31.3 Å². The first-order valence-electron chi connectivity index (χ1n) is 9.85. The molecule has 0 heterocycles. The highest BCUT2D eigenvalue weighted by atomic mass is 79.9. The van der Waals surface area contributed by atoms with E-state index in [0.717, 1.165) is 10.0 Å². The van der Waals surface area contributed by atoms with Crippen LogP contribution in [-0.4, -0.2) is 12.5 Å². The summed E-state index contributed by atoms with van der Waals surface area (Å²) in [6.45, 7) is 0.328. The highest BCUT2D eigenvalue weighted by Crippen LogP contribution is 2.26. The topological polar surface area (TPSA) is 71.3 Å². The summed E-state index contributed by atoms with van der Waals surface area (Å²) in [5.41, 5.74) is 1.74. The molecule has 0 aliphatic carbocycles. The average Bonchev–Trinajstić information content (AvgIpc) is 2.82. The van der Waals surface area contributed by atoms with Gasteiger partial charge in [-0.05, 0) is 60.7 Å². The number of carbonyl (C=O) groups is 1. The maximum Gasteiger partial charge on any atom is 0.266 e. The van der Waals surface area contributed by atoms with Gasteiger partial charge in [-0.25, -0.2) is 0 Å². The van der Waals surface area contributed by atoms with E-state index in [0.29, 0.717) is 32.8 Å². The molecule has 0 aliphatic heterocycles. The molecular formula is C26H17BrCl2N2O3. The van der Waals surface area contributed by atoms with Gasteiger partial charge in [-0.1, -0.05) is 51.1 Å². The zero-order chi connectivity index (χ0) is 24.5. The molecule has 0 unspecified atom stereocenters. The Kier molecular flexibility index (Phi) is 9.01. The van der Waals surface area contributed by atoms with Crippen LogP contribution in [0.2, 0.25) is 10.0 Å². The van der Waals surface area contributed by atoms with Crippen molar-refractivity contribution in [1.82, 2.24) is 0 Å². The van der Waals surface area contributed by atoms with Crippen molar-refractivity contribution >= 4 is 56.8 Å². The van der Waals surface area contributed by atoms with Gasteiger partial charge in [0.15, 0.2) is 0 Å². The third kappa shape index (κ3) is 7.04. The minimum atomic E-state index is -0.563. The molecule has 0 fully saturated rings. The molecule has 3 aromatic rings. The summed E-state index contributed by atoms with van der Waals surface area (Å²) in [5, 5.41) is 13.3. The van der Waals surface area contributed by atoms with Crippen LogP contribution >= 0.6 is 39.1 Å². The predicted octanol–water partition coefficient (Wildman–Crippen LogP) is 6.89. The number of terminal acetylenes is 1. The smallest absolute Gasteiger partial charge is 0.266 e. The van der Waals surface area contributed by atoms with Crippen molar-refractivity contribution in [3.8, 4) is 29.9 Å². The Morgan fingerprint density at radius 3 is 2.53 bits per heavy atom. The first kappa shape index (κ1) is 25.2. The molecule has 0 spiro atoms. The number of halogens is 3. The average molecular weight is 556 g/mol. The second-order valence-corrected chi connectivity index (χ2v) is 8.61. The van der Waals surface area contributed by atoms with Crippen molar-refractivity contribution in [3.63, 3.8) is 0 Å². The van der Waals surface area contributed by atoms with Gasteiger partial charge in [0.05, 0.1) is 0 Å². The van der Waals surface area contributed by atoms with E-state index in [2.05, 4.69) is 27.2 Å². The molecule has 0 radical (unpaired) electrons. The minimum absolute atomic E-state index is 0.0647. The van der Waals surface area contributed by atoms with Gasteiger partial charge in [0.2, 0.25) is 0 Å². The van der Waals surface area contributed by atoms with E-state index in [9.17, 15) is 10.1 Å². The van der Waals surface area contributed by atoms with Crippen molar-refractivity contribution < 1.29 is 14.3 Å². The maximum absolute atomic E-state index is 12.7. The summed E-state index contributed by atoms with van der Waals surface area (Å²) in [6, 6.07) is 19.1. The van der Waals surface area contributed by atoms with Crippen LogP contribution in [0, 0.1) is 23.7 Å². The first-order valence-corrected chi connectivity index (χ1v) is 11.4. The number of amides is 1. The second kappa shape index (κ2) is 12.2. The highest BCUT2D eigenvalue weighted by molar-refractivity contribution is 9.10. The molecule has 170 valence electrons. The molecule has 1 N–H and O–H groups in total. The molecule has 8 heteroatoms. The number of nitriles is 1. The monoisotopic (exact) mass is 554 g/mol. The van der Waals surface area contributed by atoms with E-state index in [-0.39, 0.29) is 18.8 Å². The van der Waals surface area contributed by atoms with Gasteiger partial charge in [0.1, 0.15) is 36.4 Å². The summed E-state index contributed by atoms with van der Waals surface area (Å²) in [5.74, 6) is 2.87. The van der Waals surface area contributed by atoms with Crippen molar-refractivity contribution in [3.05, 3.63) is 91.9 Å². The molecule has 0 saturated carbocycles. The molecule has 0 atom stereocenters. The Balaban J connectivity index is 1.68. The fourth-order valence-electron chi connectivity index (χ4n) is 2.82. The van der Waals surface area contributed by atoms with Crippen LogP contribution in [-0.2, 0) is 11.4 Å². The minimum Gasteiger partial charge on any atom is -0.489 e. The molecule has 0 bridgehead atoms. The fraction of sp³-hybridized carbons (Fsp3) is 0.0769. The van der Waals surface area contributed by atoms with E-state index >= 15 is 0 Å². The van der Waals surface area contributed by atoms with Crippen LogP contribution < -0.4 is 14.8 Å². The number of ether oxygens (including phenoxy) is 2. The van der Waals surface area contributed by atoms with Gasteiger partial charge in [-0.3, -0.25) is 4.79 Å². The SMILES string of the molecule is C#CCOc1ccc(Br)cc1/C=C(\C#N)C(=O)Nc1ccc(OCc2ccc(Cl)cc2Cl)cc1. The lowest BCUT2D eigenvalue weighted by Crippen LogP contribution is -2.13. The molecule has 5 nitrogen and oxygen atoms in total. The number of carbonyl (C=O) groups excluding carboxylic acids is 1. The van der Waals surface area contributed by atoms with Crippen LogP contribution in [0.4, 0.5) is 5.69 Å². The van der Waals surface area contributed by atoms with E-state index in [1.165, 1.54) is 6.08 Å². The number of benzene rings is 3. The van der Waals surface area contributed by atoms with Crippen molar-refractivity contribution in [2.75, 3.05) is 11.9 Å². The number of hydrogen-bond acceptors (Lipinski definition) is 4. The highest BCUT2D eigenvalue weighted by Gasteiger charge is 2.12. The largest absolute Gasteiger partial charge is 0.489 e. The summed E-state index contributed by atoms with van der Waals surface area (Å²) in [6.07, 6.45) is 6.70. The van der Waals surface area contributed by atoms with Crippen LogP contribution in [0.5, 0.6) is 11.5 Å². The third-order valence-electron chi connectivity index (χ3n) is 4.47. The quantitative estimate of drug-likeness (QED) is 0.186. The Labute approximate surface area is 216 Å². The lowest BCUT2D eigenvalue weighted by Gasteiger charge is -2.10. The number of anilines is 1. The van der Waals surface area contributed by atoms with Crippen LogP contribution in [0.1, 0.15) is 11.1 Å². The maximum atomic E-state index is 12.7. The summed E-state index contributed by atoms with van der Waals surface area (Å²) < 4.78 is 12.0. The molecule has 3 rings (SSSR count). The van der Waals surface area contributed by atoms with E-state index in [1.807, 2.05) is 6.07 Å². The standard InChI is InChI=1S/C26H17BrCl2N2O3/c1-2-11-33-25-10-4-20(27)13-18(25)12-19(15-30)26(32)31-22-6-8-23(9-7-22)34-16-17-3-5-21(28)14-24(17)29/h1,3-10,12-14H,11,16H2,(H,31,32)/b19-12+.